The SMILES string of the molecule is CCc1ccc2c(c1)S(=O)(=O)NC(=NC(C)CC)N2. The maximum absolute atomic E-state index is 12.2. The van der Waals surface area contributed by atoms with Crippen LogP contribution in [0.3, 0.4) is 0 Å². The number of nitrogens with zero attached hydrogens (tertiary/aromatic N) is 1. The monoisotopic (exact) mass is 281 g/mol. The molecular weight excluding hydrogens is 262 g/mol. The first-order chi connectivity index (χ1) is 8.96. The normalized spacial score (nSPS) is 20.3. The Balaban J connectivity index is 2.44. The van der Waals surface area contributed by atoms with E-state index >= 15 is 0 Å². The van der Waals surface area contributed by atoms with E-state index in [2.05, 4.69) is 15.0 Å². The zero-order chi connectivity index (χ0) is 14.0. The Kier molecular flexibility index (Phi) is 3.80. The van der Waals surface area contributed by atoms with Gasteiger partial charge in [-0.25, -0.2) is 18.1 Å². The molecule has 0 aliphatic carbocycles. The van der Waals surface area contributed by atoms with Gasteiger partial charge in [-0.2, -0.15) is 0 Å². The van der Waals surface area contributed by atoms with Gasteiger partial charge in [-0.1, -0.05) is 19.9 Å². The highest BCUT2D eigenvalue weighted by Gasteiger charge is 2.26. The van der Waals surface area contributed by atoms with Crippen LogP contribution < -0.4 is 10.0 Å². The molecule has 6 heteroatoms. The van der Waals surface area contributed by atoms with Gasteiger partial charge in [0.1, 0.15) is 4.90 Å². The molecule has 1 heterocycles. The number of guanidine groups is 1. The molecule has 1 atom stereocenters. The molecule has 0 fully saturated rings. The van der Waals surface area contributed by atoms with E-state index < -0.39 is 10.0 Å². The minimum atomic E-state index is -3.52. The zero-order valence-corrected chi connectivity index (χ0v) is 12.2. The van der Waals surface area contributed by atoms with Gasteiger partial charge >= 0.3 is 0 Å². The third kappa shape index (κ3) is 2.89. The van der Waals surface area contributed by atoms with E-state index in [9.17, 15) is 8.42 Å². The Morgan fingerprint density at radius 3 is 2.68 bits per heavy atom. The van der Waals surface area contributed by atoms with Crippen LogP contribution in [0.2, 0.25) is 0 Å². The molecule has 1 aliphatic rings. The fourth-order valence-corrected chi connectivity index (χ4v) is 3.00. The maximum Gasteiger partial charge on any atom is 0.266 e. The van der Waals surface area contributed by atoms with Gasteiger partial charge in [0.15, 0.2) is 0 Å². The predicted octanol–water partition coefficient (Wildman–Crippen LogP) is 2.11. The summed E-state index contributed by atoms with van der Waals surface area (Å²) in [6.07, 6.45) is 1.66. The summed E-state index contributed by atoms with van der Waals surface area (Å²) in [7, 11) is -3.52. The second-order valence-corrected chi connectivity index (χ2v) is 6.30. The molecule has 0 amide bonds. The summed E-state index contributed by atoms with van der Waals surface area (Å²) in [5, 5.41) is 3.03. The van der Waals surface area contributed by atoms with Crippen LogP contribution in [-0.4, -0.2) is 20.4 Å². The summed E-state index contributed by atoms with van der Waals surface area (Å²) < 4.78 is 26.9. The van der Waals surface area contributed by atoms with Crippen LogP contribution in [0.15, 0.2) is 28.1 Å². The Labute approximate surface area is 114 Å². The summed E-state index contributed by atoms with van der Waals surface area (Å²) >= 11 is 0. The van der Waals surface area contributed by atoms with Crippen molar-refractivity contribution in [3.05, 3.63) is 23.8 Å². The second kappa shape index (κ2) is 5.21. The van der Waals surface area contributed by atoms with Gasteiger partial charge in [0.25, 0.3) is 10.0 Å². The van der Waals surface area contributed by atoms with E-state index in [0.717, 1.165) is 18.4 Å². The van der Waals surface area contributed by atoms with E-state index in [0.29, 0.717) is 11.6 Å². The molecule has 0 radical (unpaired) electrons. The minimum Gasteiger partial charge on any atom is -0.324 e. The van der Waals surface area contributed by atoms with E-state index in [1.165, 1.54) is 0 Å². The standard InChI is InChI=1S/C13H19N3O2S/c1-4-9(3)14-13-15-11-7-6-10(5-2)8-12(11)19(17,18)16-13/h6-9H,4-5H2,1-3H3,(H2,14,15,16). The van der Waals surface area contributed by atoms with Crippen molar-refractivity contribution >= 4 is 21.7 Å². The lowest BCUT2D eigenvalue weighted by atomic mass is 10.1. The van der Waals surface area contributed by atoms with Crippen molar-refractivity contribution in [1.82, 2.24) is 4.72 Å². The third-order valence-corrected chi connectivity index (χ3v) is 4.55. The molecule has 1 aliphatic heterocycles. The van der Waals surface area contributed by atoms with Gasteiger partial charge in [0.05, 0.1) is 11.7 Å². The average Bonchev–Trinajstić information content (AvgIpc) is 2.37. The molecule has 0 saturated heterocycles. The number of benzene rings is 1. The quantitative estimate of drug-likeness (QED) is 0.891. The number of aryl methyl sites for hydroxylation is 1. The van der Waals surface area contributed by atoms with Crippen molar-refractivity contribution in [2.75, 3.05) is 5.32 Å². The van der Waals surface area contributed by atoms with Crippen LogP contribution in [-0.2, 0) is 16.4 Å². The number of nitrogens with one attached hydrogen (secondary N) is 2. The number of fused-ring (bicyclic) bond motifs is 1. The van der Waals surface area contributed by atoms with Crippen molar-refractivity contribution in [2.24, 2.45) is 4.99 Å². The van der Waals surface area contributed by atoms with Gasteiger partial charge < -0.3 is 5.32 Å². The van der Waals surface area contributed by atoms with Crippen LogP contribution in [0.1, 0.15) is 32.8 Å². The average molecular weight is 281 g/mol. The van der Waals surface area contributed by atoms with Crippen molar-refractivity contribution in [3.8, 4) is 0 Å². The van der Waals surface area contributed by atoms with Crippen LogP contribution in [0.4, 0.5) is 5.69 Å². The van der Waals surface area contributed by atoms with Gasteiger partial charge in [-0.15, -0.1) is 0 Å². The Morgan fingerprint density at radius 2 is 2.05 bits per heavy atom. The van der Waals surface area contributed by atoms with E-state index in [1.54, 1.807) is 12.1 Å². The summed E-state index contributed by atoms with van der Waals surface area (Å²) in [5.41, 5.74) is 1.58. The zero-order valence-electron chi connectivity index (χ0n) is 11.4. The van der Waals surface area contributed by atoms with Crippen molar-refractivity contribution in [1.29, 1.82) is 0 Å². The van der Waals surface area contributed by atoms with E-state index in [4.69, 9.17) is 0 Å². The van der Waals surface area contributed by atoms with E-state index in [-0.39, 0.29) is 10.9 Å². The lowest BCUT2D eigenvalue weighted by molar-refractivity contribution is 0.591. The first kappa shape index (κ1) is 13.9. The maximum atomic E-state index is 12.2. The first-order valence-electron chi connectivity index (χ1n) is 6.46. The molecule has 104 valence electrons. The molecule has 5 nitrogen and oxygen atoms in total. The highest BCUT2D eigenvalue weighted by atomic mass is 32.2. The van der Waals surface area contributed by atoms with Crippen molar-refractivity contribution < 1.29 is 8.42 Å². The van der Waals surface area contributed by atoms with Crippen LogP contribution >= 0.6 is 0 Å². The highest BCUT2D eigenvalue weighted by molar-refractivity contribution is 7.90. The second-order valence-electron chi connectivity index (χ2n) is 4.65. The summed E-state index contributed by atoms with van der Waals surface area (Å²) in [6.45, 7) is 5.94. The predicted molar refractivity (Wildman–Crippen MR) is 77.0 cm³/mol. The third-order valence-electron chi connectivity index (χ3n) is 3.17. The minimum absolute atomic E-state index is 0.0710. The topological polar surface area (TPSA) is 70.6 Å². The molecule has 19 heavy (non-hydrogen) atoms. The van der Waals surface area contributed by atoms with Gasteiger partial charge in [-0.05, 0) is 37.5 Å². The molecule has 0 aromatic heterocycles. The van der Waals surface area contributed by atoms with Gasteiger partial charge in [0.2, 0.25) is 5.96 Å². The Morgan fingerprint density at radius 1 is 1.32 bits per heavy atom. The molecule has 2 rings (SSSR count). The lowest BCUT2D eigenvalue weighted by Crippen LogP contribution is -2.41. The number of anilines is 1. The van der Waals surface area contributed by atoms with Gasteiger partial charge in [-0.3, -0.25) is 0 Å². The highest BCUT2D eigenvalue weighted by Crippen LogP contribution is 2.26. The van der Waals surface area contributed by atoms with Crippen molar-refractivity contribution in [2.45, 2.75) is 44.6 Å². The molecule has 0 saturated carbocycles. The molecular formula is C13H19N3O2S. The first-order valence-corrected chi connectivity index (χ1v) is 7.95. The molecule has 2 N–H and O–H groups in total. The summed E-state index contributed by atoms with van der Waals surface area (Å²) in [6, 6.07) is 5.48. The number of rotatable bonds is 3. The van der Waals surface area contributed by atoms with E-state index in [1.807, 2.05) is 26.8 Å². The van der Waals surface area contributed by atoms with Crippen LogP contribution in [0, 0.1) is 0 Å². The van der Waals surface area contributed by atoms with Gasteiger partial charge in [0, 0.05) is 0 Å². The Hall–Kier alpha value is -1.56. The molecule has 1 aromatic carbocycles. The van der Waals surface area contributed by atoms with Crippen LogP contribution in [0.5, 0.6) is 0 Å². The molecule has 1 aromatic rings. The smallest absolute Gasteiger partial charge is 0.266 e. The largest absolute Gasteiger partial charge is 0.324 e. The van der Waals surface area contributed by atoms with Crippen LogP contribution in [0.25, 0.3) is 0 Å². The number of aliphatic imine (C=N–C) groups is 1. The molecule has 1 unspecified atom stereocenters. The fraction of sp³-hybridized carbons (Fsp3) is 0.462. The number of hydrogen-bond acceptors (Lipinski definition) is 3. The number of hydrogen-bond donors (Lipinski definition) is 2. The summed E-state index contributed by atoms with van der Waals surface area (Å²) in [5.74, 6) is 0.297. The molecule has 0 bridgehead atoms. The molecule has 0 spiro atoms. The summed E-state index contributed by atoms with van der Waals surface area (Å²) in [4.78, 5) is 4.59. The Bertz CT molecular complexity index is 608. The fourth-order valence-electron chi connectivity index (χ4n) is 1.82. The van der Waals surface area contributed by atoms with Crippen molar-refractivity contribution in [3.63, 3.8) is 0 Å². The lowest BCUT2D eigenvalue weighted by Gasteiger charge is -2.22. The number of sulfonamides is 1.